The van der Waals surface area contributed by atoms with Gasteiger partial charge in [-0.2, -0.15) is 0 Å². The fourth-order valence-electron chi connectivity index (χ4n) is 3.57. The van der Waals surface area contributed by atoms with Gasteiger partial charge >= 0.3 is 6.09 Å². The lowest BCUT2D eigenvalue weighted by molar-refractivity contribution is -0.131. The summed E-state index contributed by atoms with van der Waals surface area (Å²) in [4.78, 5) is 40.2. The summed E-state index contributed by atoms with van der Waals surface area (Å²) in [6, 6.07) is 5.98. The number of hydrogen-bond donors (Lipinski definition) is 6. The Hall–Kier alpha value is -3.11. The number of fused-ring (bicyclic) bond motifs is 3. The molecule has 0 aliphatic carbocycles. The van der Waals surface area contributed by atoms with Crippen LogP contribution in [0.25, 0.3) is 10.9 Å². The normalized spacial score (nSPS) is 19.3. The second kappa shape index (κ2) is 8.94. The van der Waals surface area contributed by atoms with Crippen LogP contribution in [0, 0.1) is 0 Å². The molecule has 1 aromatic carbocycles. The van der Waals surface area contributed by atoms with Crippen LogP contribution in [0.1, 0.15) is 45.0 Å². The predicted octanol–water partition coefficient (Wildman–Crippen LogP) is 0.776. The number of aromatic nitrogens is 1. The number of aliphatic hydroxyl groups is 1. The first kappa shape index (κ1) is 22.6. The van der Waals surface area contributed by atoms with Crippen LogP contribution in [0.15, 0.2) is 24.3 Å². The smallest absolute Gasteiger partial charge is 0.408 e. The van der Waals surface area contributed by atoms with E-state index in [2.05, 4.69) is 26.5 Å². The average molecular weight is 431 g/mol. The number of para-hydroxylation sites is 1. The molecule has 3 rings (SSSR count). The zero-order valence-corrected chi connectivity index (χ0v) is 18.0. The van der Waals surface area contributed by atoms with Crippen molar-refractivity contribution in [2.45, 2.75) is 57.8 Å². The van der Waals surface area contributed by atoms with E-state index in [4.69, 9.17) is 4.74 Å². The van der Waals surface area contributed by atoms with Crippen molar-refractivity contribution in [1.29, 1.82) is 0 Å². The van der Waals surface area contributed by atoms with Gasteiger partial charge in [0.1, 0.15) is 11.6 Å². The maximum absolute atomic E-state index is 12.7. The van der Waals surface area contributed by atoms with Crippen molar-refractivity contribution in [1.82, 2.24) is 26.5 Å². The van der Waals surface area contributed by atoms with Crippen LogP contribution in [0.5, 0.6) is 0 Å². The Kier molecular flexibility index (Phi) is 6.51. The summed E-state index contributed by atoms with van der Waals surface area (Å²) >= 11 is 0. The highest BCUT2D eigenvalue weighted by molar-refractivity contribution is 5.91. The molecule has 0 radical (unpaired) electrons. The van der Waals surface area contributed by atoms with Gasteiger partial charge in [0.25, 0.3) is 11.8 Å². The highest BCUT2D eigenvalue weighted by Gasteiger charge is 2.31. The summed E-state index contributed by atoms with van der Waals surface area (Å²) in [6.07, 6.45) is -0.395. The zero-order chi connectivity index (χ0) is 22.8. The van der Waals surface area contributed by atoms with E-state index in [0.29, 0.717) is 6.42 Å². The summed E-state index contributed by atoms with van der Waals surface area (Å²) in [7, 11) is 0. The third-order valence-corrected chi connectivity index (χ3v) is 4.95. The van der Waals surface area contributed by atoms with Gasteiger partial charge in [-0.25, -0.2) is 4.79 Å². The lowest BCUT2D eigenvalue weighted by Gasteiger charge is -2.28. The fourth-order valence-corrected chi connectivity index (χ4v) is 3.57. The Morgan fingerprint density at radius 1 is 1.23 bits per heavy atom. The Morgan fingerprint density at radius 3 is 2.61 bits per heavy atom. The third kappa shape index (κ3) is 5.33. The van der Waals surface area contributed by atoms with E-state index in [1.54, 1.807) is 20.8 Å². The number of carbonyl (C=O) groups is 3. The van der Waals surface area contributed by atoms with Gasteiger partial charge < -0.3 is 20.1 Å². The summed E-state index contributed by atoms with van der Waals surface area (Å²) in [6.45, 7) is 6.34. The Balaban J connectivity index is 1.59. The van der Waals surface area contributed by atoms with Crippen LogP contribution in [0.3, 0.4) is 0 Å². The number of nitrogens with one attached hydrogen (secondary N) is 5. The highest BCUT2D eigenvalue weighted by Crippen LogP contribution is 2.31. The maximum atomic E-state index is 12.7. The number of hydrazine groups is 1. The molecule has 3 amide bonds. The number of ether oxygens (including phenoxy) is 1. The van der Waals surface area contributed by atoms with E-state index >= 15 is 0 Å². The Bertz CT molecular complexity index is 980. The van der Waals surface area contributed by atoms with Crippen LogP contribution in [-0.4, -0.2) is 52.3 Å². The van der Waals surface area contributed by atoms with Gasteiger partial charge in [0.15, 0.2) is 0 Å². The minimum absolute atomic E-state index is 0.0818. The lowest BCUT2D eigenvalue weighted by Crippen LogP contribution is -2.58. The molecule has 10 heteroatoms. The highest BCUT2D eigenvalue weighted by atomic mass is 16.6. The van der Waals surface area contributed by atoms with Gasteiger partial charge in [-0.05, 0) is 45.7 Å². The van der Waals surface area contributed by atoms with Crippen molar-refractivity contribution < 1.29 is 24.2 Å². The lowest BCUT2D eigenvalue weighted by atomic mass is 9.94. The second-order valence-electron chi connectivity index (χ2n) is 8.57. The summed E-state index contributed by atoms with van der Waals surface area (Å²) in [5.41, 5.74) is 6.98. The van der Waals surface area contributed by atoms with Crippen molar-refractivity contribution in [3.63, 3.8) is 0 Å². The van der Waals surface area contributed by atoms with E-state index in [-0.39, 0.29) is 6.04 Å². The monoisotopic (exact) mass is 431 g/mol. The molecule has 31 heavy (non-hydrogen) atoms. The molecule has 3 atom stereocenters. The molecule has 0 unspecified atom stereocenters. The minimum Gasteiger partial charge on any atom is -0.444 e. The standard InChI is InChI=1S/C21H29N5O5/c1-11-17-13(12-7-5-6-8-14(12)23-17)9-15(22-11)18(28)25-26-19(29)16(10-27)24-20(30)31-21(2,3)4/h5-8,11,15-16,22-23,27H,9-10H2,1-4H3,(H,24,30)(H,25,28)(H,26,29)/t11-,15-,16-/m0/s1. The van der Waals surface area contributed by atoms with Gasteiger partial charge in [0.2, 0.25) is 0 Å². The molecule has 0 bridgehead atoms. The quantitative estimate of drug-likeness (QED) is 0.395. The van der Waals surface area contributed by atoms with Crippen LogP contribution < -0.4 is 21.5 Å². The van der Waals surface area contributed by atoms with Crippen LogP contribution in [0.2, 0.25) is 0 Å². The molecule has 168 valence electrons. The summed E-state index contributed by atoms with van der Waals surface area (Å²) < 4.78 is 5.07. The second-order valence-corrected chi connectivity index (χ2v) is 8.57. The number of hydrogen-bond acceptors (Lipinski definition) is 6. The fraction of sp³-hybridized carbons (Fsp3) is 0.476. The first-order chi connectivity index (χ1) is 14.6. The molecule has 2 heterocycles. The van der Waals surface area contributed by atoms with E-state index in [1.165, 1.54) is 0 Å². The Morgan fingerprint density at radius 2 is 1.94 bits per heavy atom. The van der Waals surface area contributed by atoms with Crippen molar-refractivity contribution in [2.75, 3.05) is 6.61 Å². The number of carbonyl (C=O) groups excluding carboxylic acids is 3. The molecule has 0 saturated carbocycles. The molecule has 10 nitrogen and oxygen atoms in total. The molecular formula is C21H29N5O5. The number of aliphatic hydroxyl groups excluding tert-OH is 1. The average Bonchev–Trinajstić information content (AvgIpc) is 3.08. The first-order valence-electron chi connectivity index (χ1n) is 10.1. The summed E-state index contributed by atoms with van der Waals surface area (Å²) in [5.74, 6) is -1.19. The zero-order valence-electron chi connectivity index (χ0n) is 18.0. The number of benzene rings is 1. The van der Waals surface area contributed by atoms with E-state index in [0.717, 1.165) is 22.2 Å². The number of aromatic amines is 1. The molecule has 0 saturated heterocycles. The minimum atomic E-state index is -1.27. The Labute approximate surface area is 180 Å². The van der Waals surface area contributed by atoms with E-state index in [9.17, 15) is 19.5 Å². The molecule has 0 fully saturated rings. The first-order valence-corrected chi connectivity index (χ1v) is 10.1. The number of alkyl carbamates (subject to hydrolysis) is 1. The van der Waals surface area contributed by atoms with Gasteiger partial charge in [-0.1, -0.05) is 18.2 Å². The van der Waals surface area contributed by atoms with Crippen molar-refractivity contribution in [3.8, 4) is 0 Å². The van der Waals surface area contributed by atoms with E-state index < -0.39 is 42.2 Å². The molecule has 1 aliphatic heterocycles. The number of amides is 3. The number of rotatable bonds is 4. The van der Waals surface area contributed by atoms with Gasteiger partial charge in [0.05, 0.1) is 12.6 Å². The molecule has 2 aromatic rings. The number of H-pyrrole nitrogens is 1. The SMILES string of the molecule is C[C@@H]1N[C@H](C(=O)NNC(=O)[C@H](CO)NC(=O)OC(C)(C)C)Cc2c1[nH]c1ccccc21. The van der Waals surface area contributed by atoms with Gasteiger partial charge in [-0.15, -0.1) is 0 Å². The maximum Gasteiger partial charge on any atom is 0.408 e. The summed E-state index contributed by atoms with van der Waals surface area (Å²) in [5, 5.41) is 16.0. The molecular weight excluding hydrogens is 402 g/mol. The molecule has 6 N–H and O–H groups in total. The van der Waals surface area contributed by atoms with Crippen LogP contribution >= 0.6 is 0 Å². The van der Waals surface area contributed by atoms with Crippen LogP contribution in [0.4, 0.5) is 4.79 Å². The van der Waals surface area contributed by atoms with E-state index in [1.807, 2.05) is 31.2 Å². The molecule has 1 aliphatic rings. The topological polar surface area (TPSA) is 145 Å². The van der Waals surface area contributed by atoms with Crippen molar-refractivity contribution in [3.05, 3.63) is 35.5 Å². The largest absolute Gasteiger partial charge is 0.444 e. The van der Waals surface area contributed by atoms with Crippen molar-refractivity contribution >= 4 is 28.8 Å². The van der Waals surface area contributed by atoms with Crippen molar-refractivity contribution in [2.24, 2.45) is 0 Å². The predicted molar refractivity (Wildman–Crippen MR) is 114 cm³/mol. The van der Waals surface area contributed by atoms with Gasteiger partial charge in [0, 0.05) is 22.6 Å². The van der Waals surface area contributed by atoms with Gasteiger partial charge in [-0.3, -0.25) is 25.8 Å². The third-order valence-electron chi connectivity index (χ3n) is 4.95. The molecule has 1 aromatic heterocycles. The molecule has 0 spiro atoms. The van der Waals surface area contributed by atoms with Crippen LogP contribution in [-0.2, 0) is 20.7 Å².